The third-order valence-corrected chi connectivity index (χ3v) is 4.14. The monoisotopic (exact) mass is 267 g/mol. The molecular formula is C11H7ClFN3S. The van der Waals surface area contributed by atoms with E-state index in [0.29, 0.717) is 21.2 Å². The second kappa shape index (κ2) is 3.78. The molecule has 0 saturated carbocycles. The van der Waals surface area contributed by atoms with E-state index in [1.54, 1.807) is 19.2 Å². The van der Waals surface area contributed by atoms with Crippen molar-refractivity contribution in [2.24, 2.45) is 0 Å². The molecule has 3 aromatic rings. The maximum atomic E-state index is 13.2. The maximum absolute atomic E-state index is 13.2. The molecule has 3 aromatic heterocycles. The zero-order valence-electron chi connectivity index (χ0n) is 8.82. The van der Waals surface area contributed by atoms with Crippen LogP contribution in [-0.2, 0) is 0 Å². The van der Waals surface area contributed by atoms with E-state index in [1.807, 2.05) is 6.07 Å². The van der Waals surface area contributed by atoms with Crippen LogP contribution in [0.3, 0.4) is 0 Å². The topological polar surface area (TPSA) is 30.7 Å². The Hall–Kier alpha value is -1.46. The van der Waals surface area contributed by atoms with Crippen molar-refractivity contribution >= 4 is 33.2 Å². The van der Waals surface area contributed by atoms with E-state index >= 15 is 0 Å². The molecule has 0 saturated heterocycles. The second-order valence-electron chi connectivity index (χ2n) is 3.61. The minimum atomic E-state index is 0.479. The van der Waals surface area contributed by atoms with Gasteiger partial charge in [0.25, 0.3) is 0 Å². The van der Waals surface area contributed by atoms with Crippen molar-refractivity contribution < 1.29 is 4.48 Å². The molecule has 0 spiro atoms. The van der Waals surface area contributed by atoms with Crippen molar-refractivity contribution in [2.45, 2.75) is 6.92 Å². The van der Waals surface area contributed by atoms with Crippen LogP contribution in [0.15, 0.2) is 24.7 Å². The van der Waals surface area contributed by atoms with Gasteiger partial charge in [0.2, 0.25) is 0 Å². The van der Waals surface area contributed by atoms with Crippen LogP contribution in [-0.4, -0.2) is 14.8 Å². The first-order valence-electron chi connectivity index (χ1n) is 4.91. The Morgan fingerprint density at radius 1 is 1.41 bits per heavy atom. The van der Waals surface area contributed by atoms with Gasteiger partial charge in [-0.25, -0.2) is 4.98 Å². The molecule has 0 aliphatic heterocycles. The smallest absolute Gasteiger partial charge is 0.127 e. The van der Waals surface area contributed by atoms with Crippen LogP contribution in [0.4, 0.5) is 4.48 Å². The number of thiophene rings is 1. The minimum Gasteiger partial charge on any atom is -0.255 e. The third kappa shape index (κ3) is 1.62. The van der Waals surface area contributed by atoms with Gasteiger partial charge in [0, 0.05) is 6.20 Å². The molecule has 17 heavy (non-hydrogen) atoms. The Balaban J connectivity index is 2.25. The molecule has 86 valence electrons. The second-order valence-corrected chi connectivity index (χ2v) is 5.07. The molecule has 0 unspecified atom stereocenters. The molecule has 6 heteroatoms. The van der Waals surface area contributed by atoms with Gasteiger partial charge < -0.3 is 0 Å². The molecule has 3 nitrogen and oxygen atoms in total. The highest BCUT2D eigenvalue weighted by atomic mass is 35.5. The normalized spacial score (nSPS) is 11.2. The van der Waals surface area contributed by atoms with Gasteiger partial charge in [-0.15, -0.1) is 11.3 Å². The van der Waals surface area contributed by atoms with E-state index in [1.165, 1.54) is 11.3 Å². The van der Waals surface area contributed by atoms with Gasteiger partial charge in [-0.1, -0.05) is 16.1 Å². The van der Waals surface area contributed by atoms with E-state index in [4.69, 9.17) is 11.6 Å². The van der Waals surface area contributed by atoms with Crippen molar-refractivity contribution in [2.75, 3.05) is 0 Å². The Labute approximate surface area is 105 Å². The van der Waals surface area contributed by atoms with Crippen LogP contribution >= 0.6 is 22.9 Å². The zero-order valence-corrected chi connectivity index (χ0v) is 10.4. The lowest BCUT2D eigenvalue weighted by atomic mass is 10.3. The fourth-order valence-electron chi connectivity index (χ4n) is 1.66. The first kappa shape index (κ1) is 10.7. The fraction of sp³-hybridized carbons (Fsp3) is 0.0909. The molecule has 3 rings (SSSR count). The summed E-state index contributed by atoms with van der Waals surface area (Å²) in [5.41, 5.74) is 1.92. The molecule has 0 aromatic carbocycles. The predicted octanol–water partition coefficient (Wildman–Crippen LogP) is 3.85. The van der Waals surface area contributed by atoms with Gasteiger partial charge in [-0.05, 0) is 19.1 Å². The number of halogens is 2. The number of aromatic nitrogens is 3. The van der Waals surface area contributed by atoms with E-state index < -0.39 is 0 Å². The summed E-state index contributed by atoms with van der Waals surface area (Å²) in [6.45, 7) is 1.68. The first-order valence-corrected chi connectivity index (χ1v) is 6.11. The van der Waals surface area contributed by atoms with Crippen LogP contribution in [0.2, 0.25) is 5.02 Å². The van der Waals surface area contributed by atoms with E-state index in [9.17, 15) is 4.48 Å². The Bertz CT molecular complexity index is 704. The van der Waals surface area contributed by atoms with Gasteiger partial charge in [-0.2, -0.15) is 4.79 Å². The minimum absolute atomic E-state index is 0.479. The van der Waals surface area contributed by atoms with Crippen molar-refractivity contribution in [3.05, 3.63) is 35.4 Å². The molecule has 0 atom stereocenters. The summed E-state index contributed by atoms with van der Waals surface area (Å²) in [7, 11) is 0. The summed E-state index contributed by atoms with van der Waals surface area (Å²) in [6, 6.07) is 3.62. The highest BCUT2D eigenvalue weighted by molar-refractivity contribution is 7.22. The van der Waals surface area contributed by atoms with Crippen molar-refractivity contribution in [1.29, 1.82) is 0 Å². The lowest BCUT2D eigenvalue weighted by molar-refractivity contribution is 0.359. The van der Waals surface area contributed by atoms with Crippen molar-refractivity contribution in [3.8, 4) is 10.6 Å². The maximum Gasteiger partial charge on any atom is 0.127 e. The molecule has 0 fully saturated rings. The number of rotatable bonds is 1. The van der Waals surface area contributed by atoms with Crippen LogP contribution in [0.5, 0.6) is 0 Å². The molecule has 0 bridgehead atoms. The molecule has 0 radical (unpaired) electrons. The number of pyridine rings is 1. The van der Waals surface area contributed by atoms with Gasteiger partial charge in [-0.3, -0.25) is 4.98 Å². The predicted molar refractivity (Wildman–Crippen MR) is 67.1 cm³/mol. The van der Waals surface area contributed by atoms with Gasteiger partial charge >= 0.3 is 0 Å². The van der Waals surface area contributed by atoms with Crippen LogP contribution in [0.1, 0.15) is 5.69 Å². The van der Waals surface area contributed by atoms with E-state index in [-0.39, 0.29) is 0 Å². The van der Waals surface area contributed by atoms with Crippen LogP contribution < -0.4 is 0 Å². The largest absolute Gasteiger partial charge is 0.255 e. The Morgan fingerprint density at radius 2 is 2.24 bits per heavy atom. The average Bonchev–Trinajstić information content (AvgIpc) is 2.85. The van der Waals surface area contributed by atoms with E-state index in [0.717, 1.165) is 21.4 Å². The molecule has 0 amide bonds. The number of fused-ring (bicyclic) bond motifs is 1. The lowest BCUT2D eigenvalue weighted by Gasteiger charge is -1.92. The van der Waals surface area contributed by atoms with Crippen LogP contribution in [0.25, 0.3) is 20.8 Å². The van der Waals surface area contributed by atoms with Gasteiger partial charge in [0.1, 0.15) is 12.0 Å². The SMILES string of the molecule is Cc1c(-c2cc3nccc(Cl)c3s2)ncn1F. The van der Waals surface area contributed by atoms with Crippen molar-refractivity contribution in [3.63, 3.8) is 0 Å². The Morgan fingerprint density at radius 3 is 2.88 bits per heavy atom. The van der Waals surface area contributed by atoms with E-state index in [2.05, 4.69) is 9.97 Å². The van der Waals surface area contributed by atoms with Crippen LogP contribution in [0, 0.1) is 6.92 Å². The third-order valence-electron chi connectivity index (χ3n) is 2.55. The quantitative estimate of drug-likeness (QED) is 0.670. The number of nitrogens with zero attached hydrogens (tertiary/aromatic N) is 3. The lowest BCUT2D eigenvalue weighted by Crippen LogP contribution is -1.82. The molecule has 3 heterocycles. The molecule has 0 aliphatic rings. The highest BCUT2D eigenvalue weighted by Crippen LogP contribution is 2.36. The van der Waals surface area contributed by atoms with Gasteiger partial charge in [0.15, 0.2) is 0 Å². The Kier molecular flexibility index (Phi) is 2.38. The summed E-state index contributed by atoms with van der Waals surface area (Å²) in [4.78, 5) is 9.64. The standard InChI is InChI=1S/C11H7ClFN3S/c1-6-10(15-5-16(6)13)9-4-8-11(17-9)7(12)2-3-14-8/h2-5H,1H3. The fourth-order valence-corrected chi connectivity index (χ4v) is 2.99. The van der Waals surface area contributed by atoms with Gasteiger partial charge in [0.05, 0.1) is 25.8 Å². The molecular weight excluding hydrogens is 261 g/mol. The molecule has 0 aliphatic carbocycles. The number of hydrogen-bond acceptors (Lipinski definition) is 3. The highest BCUT2D eigenvalue weighted by Gasteiger charge is 2.13. The number of imidazole rings is 1. The first-order chi connectivity index (χ1) is 8.16. The zero-order chi connectivity index (χ0) is 12.0. The summed E-state index contributed by atoms with van der Waals surface area (Å²) < 4.78 is 14.1. The number of hydrogen-bond donors (Lipinski definition) is 0. The average molecular weight is 268 g/mol. The molecule has 0 N–H and O–H groups in total. The summed E-state index contributed by atoms with van der Waals surface area (Å²) in [5.74, 6) is 0. The summed E-state index contributed by atoms with van der Waals surface area (Å²) in [6.07, 6.45) is 2.81. The summed E-state index contributed by atoms with van der Waals surface area (Å²) in [5, 5.41) is 0.656. The summed E-state index contributed by atoms with van der Waals surface area (Å²) >= 11 is 7.54. The van der Waals surface area contributed by atoms with Crippen molar-refractivity contribution in [1.82, 2.24) is 14.8 Å².